The predicted octanol–water partition coefficient (Wildman–Crippen LogP) is 4.00. The maximum Gasteiger partial charge on any atom is 0.0518 e. The van der Waals surface area contributed by atoms with E-state index in [1.807, 2.05) is 0 Å². The lowest BCUT2D eigenvalue weighted by Gasteiger charge is -2.08. The summed E-state index contributed by atoms with van der Waals surface area (Å²) in [5, 5.41) is 3.49. The van der Waals surface area contributed by atoms with Gasteiger partial charge in [-0.15, -0.1) is 0 Å². The van der Waals surface area contributed by atoms with Crippen LogP contribution in [0.5, 0.6) is 0 Å². The minimum atomic E-state index is 0.391. The number of rotatable bonds is 12. The van der Waals surface area contributed by atoms with Crippen LogP contribution in [0.4, 0.5) is 0 Å². The Balaban J connectivity index is 2.94. The van der Waals surface area contributed by atoms with Crippen LogP contribution in [-0.2, 0) is 4.74 Å². The summed E-state index contributed by atoms with van der Waals surface area (Å²) in [6.07, 6.45) is 8.39. The first kappa shape index (κ1) is 16.9. The Morgan fingerprint density at radius 2 is 1.41 bits per heavy atom. The van der Waals surface area contributed by atoms with Gasteiger partial charge in [0, 0.05) is 6.61 Å². The van der Waals surface area contributed by atoms with Gasteiger partial charge < -0.3 is 10.1 Å². The van der Waals surface area contributed by atoms with Crippen molar-refractivity contribution in [1.29, 1.82) is 0 Å². The molecule has 0 aromatic carbocycles. The van der Waals surface area contributed by atoms with Crippen molar-refractivity contribution in [3.8, 4) is 0 Å². The summed E-state index contributed by atoms with van der Waals surface area (Å²) in [4.78, 5) is 0. The van der Waals surface area contributed by atoms with Crippen molar-refractivity contribution in [3.63, 3.8) is 0 Å². The fourth-order valence-electron chi connectivity index (χ4n) is 1.77. The van der Waals surface area contributed by atoms with Gasteiger partial charge in [0.25, 0.3) is 0 Å². The largest absolute Gasteiger partial charge is 0.379 e. The summed E-state index contributed by atoms with van der Waals surface area (Å²) >= 11 is 0. The molecular formula is C15H33NO. The molecule has 0 bridgehead atoms. The number of ether oxygens (including phenoxy) is 1. The maximum absolute atomic E-state index is 5.51. The van der Waals surface area contributed by atoms with Crippen molar-refractivity contribution < 1.29 is 4.74 Å². The van der Waals surface area contributed by atoms with Crippen molar-refractivity contribution >= 4 is 0 Å². The van der Waals surface area contributed by atoms with Crippen LogP contribution in [0.2, 0.25) is 0 Å². The Bertz CT molecular complexity index is 130. The Labute approximate surface area is 109 Å². The Morgan fingerprint density at radius 3 is 2.00 bits per heavy atom. The lowest BCUT2D eigenvalue weighted by atomic mass is 10.1. The molecule has 0 spiro atoms. The van der Waals surface area contributed by atoms with Crippen LogP contribution in [0.25, 0.3) is 0 Å². The smallest absolute Gasteiger partial charge is 0.0518 e. The van der Waals surface area contributed by atoms with Crippen molar-refractivity contribution in [2.24, 2.45) is 5.92 Å². The van der Waals surface area contributed by atoms with E-state index in [4.69, 9.17) is 4.74 Å². The number of hydrogen-bond acceptors (Lipinski definition) is 2. The monoisotopic (exact) mass is 243 g/mol. The highest BCUT2D eigenvalue weighted by molar-refractivity contribution is 4.52. The molecule has 0 atom stereocenters. The molecule has 1 N–H and O–H groups in total. The average Bonchev–Trinajstić information content (AvgIpc) is 2.25. The van der Waals surface area contributed by atoms with Gasteiger partial charge in [0.15, 0.2) is 0 Å². The normalized spacial score (nSPS) is 11.6. The van der Waals surface area contributed by atoms with Crippen LogP contribution < -0.4 is 5.32 Å². The topological polar surface area (TPSA) is 21.3 Å². The zero-order valence-electron chi connectivity index (χ0n) is 12.4. The summed E-state index contributed by atoms with van der Waals surface area (Å²) in [6, 6.07) is 0. The summed E-state index contributed by atoms with van der Waals surface area (Å²) in [5.74, 6) is 0.774. The quantitative estimate of drug-likeness (QED) is 0.523. The number of hydrogen-bond donors (Lipinski definition) is 1. The summed E-state index contributed by atoms with van der Waals surface area (Å²) in [7, 11) is 0. The van der Waals surface area contributed by atoms with Crippen molar-refractivity contribution in [2.75, 3.05) is 19.7 Å². The molecule has 0 unspecified atom stereocenters. The lowest BCUT2D eigenvalue weighted by Crippen LogP contribution is -2.20. The zero-order valence-corrected chi connectivity index (χ0v) is 12.4. The molecule has 0 saturated heterocycles. The molecule has 0 radical (unpaired) electrons. The standard InChI is InChI=1S/C15H33NO/c1-14(2)13-16-11-9-7-5-6-8-10-12-17-15(3)4/h14-16H,5-13H2,1-4H3. The number of unbranched alkanes of at least 4 members (excludes halogenated alkanes) is 5. The van der Waals surface area contributed by atoms with E-state index >= 15 is 0 Å². The van der Waals surface area contributed by atoms with E-state index in [9.17, 15) is 0 Å². The Morgan fingerprint density at radius 1 is 0.824 bits per heavy atom. The van der Waals surface area contributed by atoms with Gasteiger partial charge in [0.2, 0.25) is 0 Å². The predicted molar refractivity (Wildman–Crippen MR) is 76.5 cm³/mol. The van der Waals surface area contributed by atoms with Gasteiger partial charge in [-0.3, -0.25) is 0 Å². The van der Waals surface area contributed by atoms with Crippen molar-refractivity contribution in [1.82, 2.24) is 5.32 Å². The maximum atomic E-state index is 5.51. The second-order valence-corrected chi connectivity index (χ2v) is 5.64. The summed E-state index contributed by atoms with van der Waals surface area (Å²) in [5.41, 5.74) is 0. The zero-order chi connectivity index (χ0) is 12.9. The highest BCUT2D eigenvalue weighted by Gasteiger charge is 1.95. The molecule has 0 heterocycles. The highest BCUT2D eigenvalue weighted by Crippen LogP contribution is 2.05. The van der Waals surface area contributed by atoms with Gasteiger partial charge in [-0.1, -0.05) is 39.5 Å². The molecule has 0 saturated carbocycles. The Kier molecular flexibility index (Phi) is 12.3. The second-order valence-electron chi connectivity index (χ2n) is 5.64. The fourth-order valence-corrected chi connectivity index (χ4v) is 1.77. The first-order valence-corrected chi connectivity index (χ1v) is 7.45. The van der Waals surface area contributed by atoms with Gasteiger partial charge >= 0.3 is 0 Å². The van der Waals surface area contributed by atoms with E-state index in [0.29, 0.717) is 6.10 Å². The first-order valence-electron chi connectivity index (χ1n) is 7.45. The molecule has 2 nitrogen and oxygen atoms in total. The molecule has 0 aliphatic rings. The van der Waals surface area contributed by atoms with Crippen LogP contribution in [-0.4, -0.2) is 25.8 Å². The molecule has 0 fully saturated rings. The van der Waals surface area contributed by atoms with Crippen LogP contribution in [0, 0.1) is 5.92 Å². The SMILES string of the molecule is CC(C)CNCCCCCCCCOC(C)C. The number of nitrogens with one attached hydrogen (secondary N) is 1. The molecule has 0 amide bonds. The molecule has 104 valence electrons. The van der Waals surface area contributed by atoms with Gasteiger partial charge in [-0.25, -0.2) is 0 Å². The van der Waals surface area contributed by atoms with Crippen molar-refractivity contribution in [2.45, 2.75) is 72.3 Å². The molecule has 0 aromatic rings. The van der Waals surface area contributed by atoms with E-state index in [1.165, 1.54) is 45.1 Å². The van der Waals surface area contributed by atoms with Gasteiger partial charge in [-0.2, -0.15) is 0 Å². The molecule has 2 heteroatoms. The van der Waals surface area contributed by atoms with Gasteiger partial charge in [0.05, 0.1) is 6.10 Å². The third kappa shape index (κ3) is 15.9. The van der Waals surface area contributed by atoms with Crippen molar-refractivity contribution in [3.05, 3.63) is 0 Å². The summed E-state index contributed by atoms with van der Waals surface area (Å²) in [6.45, 7) is 12.0. The molecule has 0 rings (SSSR count). The third-order valence-electron chi connectivity index (χ3n) is 2.75. The Hall–Kier alpha value is -0.0800. The van der Waals surface area contributed by atoms with Gasteiger partial charge in [0.1, 0.15) is 0 Å². The minimum absolute atomic E-state index is 0.391. The average molecular weight is 243 g/mol. The van der Waals surface area contributed by atoms with E-state index in [-0.39, 0.29) is 0 Å². The summed E-state index contributed by atoms with van der Waals surface area (Å²) < 4.78 is 5.51. The minimum Gasteiger partial charge on any atom is -0.379 e. The lowest BCUT2D eigenvalue weighted by molar-refractivity contribution is 0.0757. The molecule has 17 heavy (non-hydrogen) atoms. The molecule has 0 aromatic heterocycles. The van der Waals surface area contributed by atoms with Crippen LogP contribution >= 0.6 is 0 Å². The van der Waals surface area contributed by atoms with Gasteiger partial charge in [-0.05, 0) is 45.7 Å². The fraction of sp³-hybridized carbons (Fsp3) is 1.00. The second kappa shape index (κ2) is 12.4. The third-order valence-corrected chi connectivity index (χ3v) is 2.75. The van der Waals surface area contributed by atoms with Crippen LogP contribution in [0.15, 0.2) is 0 Å². The van der Waals surface area contributed by atoms with E-state index < -0.39 is 0 Å². The molecule has 0 aliphatic heterocycles. The van der Waals surface area contributed by atoms with E-state index in [2.05, 4.69) is 33.0 Å². The molecule has 0 aliphatic carbocycles. The van der Waals surface area contributed by atoms with E-state index in [1.54, 1.807) is 0 Å². The highest BCUT2D eigenvalue weighted by atomic mass is 16.5. The van der Waals surface area contributed by atoms with E-state index in [0.717, 1.165) is 19.1 Å². The van der Waals surface area contributed by atoms with Crippen LogP contribution in [0.3, 0.4) is 0 Å². The van der Waals surface area contributed by atoms with Crippen LogP contribution in [0.1, 0.15) is 66.2 Å². The first-order chi connectivity index (χ1) is 8.13. The molecular weight excluding hydrogens is 210 g/mol.